The van der Waals surface area contributed by atoms with Crippen molar-refractivity contribution in [3.63, 3.8) is 0 Å². The molecular weight excluding hydrogens is 428 g/mol. The van der Waals surface area contributed by atoms with Gasteiger partial charge in [-0.25, -0.2) is 14.6 Å². The molecule has 9 heteroatoms. The van der Waals surface area contributed by atoms with E-state index in [0.29, 0.717) is 22.4 Å². The van der Waals surface area contributed by atoms with E-state index in [9.17, 15) is 14.7 Å². The minimum atomic E-state index is -1.10. The van der Waals surface area contributed by atoms with Crippen molar-refractivity contribution in [3.05, 3.63) is 30.3 Å². The van der Waals surface area contributed by atoms with Crippen molar-refractivity contribution in [2.75, 3.05) is 36.5 Å². The maximum absolute atomic E-state index is 12.6. The quantitative estimate of drug-likeness (QED) is 0.645. The SMILES string of the molecule is CC(C)(C)N(C(=O)O)c1nc(NC(=O)OCC23CCN(CC2)CC3)sc1-c1ccccc1. The summed E-state index contributed by atoms with van der Waals surface area (Å²) in [5, 5.41) is 12.9. The first-order valence-electron chi connectivity index (χ1n) is 10.9. The highest BCUT2D eigenvalue weighted by atomic mass is 32.1. The Morgan fingerprint density at radius 3 is 2.38 bits per heavy atom. The highest BCUT2D eigenvalue weighted by Gasteiger charge is 2.40. The zero-order valence-electron chi connectivity index (χ0n) is 18.8. The second-order valence-electron chi connectivity index (χ2n) is 9.62. The van der Waals surface area contributed by atoms with E-state index in [2.05, 4.69) is 15.2 Å². The Balaban J connectivity index is 1.54. The van der Waals surface area contributed by atoms with Gasteiger partial charge in [0.15, 0.2) is 10.9 Å². The molecule has 3 aliphatic rings. The third kappa shape index (κ3) is 4.73. The summed E-state index contributed by atoms with van der Waals surface area (Å²) in [4.78, 5) is 33.5. The Bertz CT molecular complexity index is 964. The average molecular weight is 459 g/mol. The first-order chi connectivity index (χ1) is 15.2. The van der Waals surface area contributed by atoms with Crippen LogP contribution in [0, 0.1) is 5.41 Å². The molecule has 2 amide bonds. The third-order valence-corrected chi connectivity index (χ3v) is 7.32. The number of nitrogens with one attached hydrogen (secondary N) is 1. The Kier molecular flexibility index (Phi) is 6.13. The van der Waals surface area contributed by atoms with E-state index in [-0.39, 0.29) is 5.41 Å². The Hall–Kier alpha value is -2.65. The molecule has 0 radical (unpaired) electrons. The molecule has 0 atom stereocenters. The van der Waals surface area contributed by atoms with E-state index in [1.807, 2.05) is 51.1 Å². The number of carboxylic acid groups (broad SMARTS) is 1. The van der Waals surface area contributed by atoms with Crippen LogP contribution in [0.3, 0.4) is 0 Å². The molecule has 172 valence electrons. The van der Waals surface area contributed by atoms with Gasteiger partial charge in [-0.05, 0) is 65.2 Å². The van der Waals surface area contributed by atoms with Gasteiger partial charge in [-0.2, -0.15) is 0 Å². The minimum absolute atomic E-state index is 0.0850. The summed E-state index contributed by atoms with van der Waals surface area (Å²) in [6, 6.07) is 9.47. The number of hydrogen-bond acceptors (Lipinski definition) is 6. The number of amides is 2. The summed E-state index contributed by atoms with van der Waals surface area (Å²) >= 11 is 1.24. The summed E-state index contributed by atoms with van der Waals surface area (Å²) in [6.45, 7) is 9.04. The molecule has 3 aliphatic heterocycles. The molecule has 3 fully saturated rings. The summed E-state index contributed by atoms with van der Waals surface area (Å²) in [7, 11) is 0. The molecule has 4 heterocycles. The lowest BCUT2D eigenvalue weighted by Crippen LogP contribution is -2.50. The van der Waals surface area contributed by atoms with Crippen molar-refractivity contribution in [3.8, 4) is 10.4 Å². The molecule has 1 aromatic carbocycles. The van der Waals surface area contributed by atoms with Crippen LogP contribution < -0.4 is 10.2 Å². The van der Waals surface area contributed by atoms with Crippen molar-refractivity contribution < 1.29 is 19.4 Å². The van der Waals surface area contributed by atoms with Gasteiger partial charge in [-0.3, -0.25) is 10.2 Å². The summed E-state index contributed by atoms with van der Waals surface area (Å²) in [6.07, 6.45) is 1.51. The van der Waals surface area contributed by atoms with Crippen molar-refractivity contribution in [2.24, 2.45) is 5.41 Å². The van der Waals surface area contributed by atoms with Crippen molar-refractivity contribution >= 4 is 34.5 Å². The fourth-order valence-corrected chi connectivity index (χ4v) is 5.39. The van der Waals surface area contributed by atoms with Crippen LogP contribution in [-0.4, -0.2) is 59.0 Å². The number of fused-ring (bicyclic) bond motifs is 3. The number of nitrogens with zero attached hydrogens (tertiary/aromatic N) is 3. The summed E-state index contributed by atoms with van der Waals surface area (Å²) in [5.41, 5.74) is 0.211. The van der Waals surface area contributed by atoms with Gasteiger partial charge in [0.05, 0.1) is 11.5 Å². The van der Waals surface area contributed by atoms with Crippen LogP contribution in [0.2, 0.25) is 0 Å². The number of rotatable bonds is 5. The molecule has 2 aromatic rings. The topological polar surface area (TPSA) is 95.0 Å². The lowest BCUT2D eigenvalue weighted by atomic mass is 9.73. The maximum Gasteiger partial charge on any atom is 0.413 e. The normalized spacial score (nSPS) is 22.4. The van der Waals surface area contributed by atoms with Gasteiger partial charge in [-0.1, -0.05) is 41.7 Å². The minimum Gasteiger partial charge on any atom is -0.465 e. The molecule has 0 saturated carbocycles. The molecule has 8 nitrogen and oxygen atoms in total. The Morgan fingerprint density at radius 1 is 1.19 bits per heavy atom. The van der Waals surface area contributed by atoms with E-state index in [0.717, 1.165) is 44.5 Å². The van der Waals surface area contributed by atoms with Gasteiger partial charge in [0, 0.05) is 11.0 Å². The summed E-state index contributed by atoms with van der Waals surface area (Å²) < 4.78 is 5.60. The first-order valence-corrected chi connectivity index (χ1v) is 11.7. The van der Waals surface area contributed by atoms with E-state index in [1.165, 1.54) is 16.2 Å². The maximum atomic E-state index is 12.6. The van der Waals surface area contributed by atoms with Crippen molar-refractivity contribution in [1.29, 1.82) is 0 Å². The number of aromatic nitrogens is 1. The molecule has 2 bridgehead atoms. The van der Waals surface area contributed by atoms with Gasteiger partial charge in [-0.15, -0.1) is 0 Å². The predicted octanol–water partition coefficient (Wildman–Crippen LogP) is 5.13. The number of benzene rings is 1. The third-order valence-electron chi connectivity index (χ3n) is 6.31. The standard InChI is InChI=1S/C23H30N4O4S/c1-22(2,3)27(21(29)30)18-17(16-7-5-4-6-8-16)32-19(24-18)25-20(28)31-15-23-9-12-26(13-10-23)14-11-23/h4-8H,9-15H2,1-3H3,(H,29,30)(H,24,25,28). The van der Waals surface area contributed by atoms with Crippen molar-refractivity contribution in [2.45, 2.75) is 45.6 Å². The molecule has 0 unspecified atom stereocenters. The van der Waals surface area contributed by atoms with E-state index in [4.69, 9.17) is 4.74 Å². The molecular formula is C23H30N4O4S. The lowest BCUT2D eigenvalue weighted by Gasteiger charge is -2.47. The highest BCUT2D eigenvalue weighted by molar-refractivity contribution is 7.19. The van der Waals surface area contributed by atoms with Crippen molar-refractivity contribution in [1.82, 2.24) is 9.88 Å². The molecule has 2 N–H and O–H groups in total. The molecule has 3 saturated heterocycles. The van der Waals surface area contributed by atoms with Crippen LogP contribution in [0.1, 0.15) is 40.0 Å². The van der Waals surface area contributed by atoms with Gasteiger partial charge in [0.2, 0.25) is 0 Å². The number of anilines is 2. The van der Waals surface area contributed by atoms with Gasteiger partial charge in [0.1, 0.15) is 0 Å². The number of carbonyl (C=O) groups is 2. The molecule has 1 aromatic heterocycles. The van der Waals surface area contributed by atoms with E-state index >= 15 is 0 Å². The van der Waals surface area contributed by atoms with E-state index < -0.39 is 17.7 Å². The van der Waals surface area contributed by atoms with Crippen LogP contribution >= 0.6 is 11.3 Å². The van der Waals surface area contributed by atoms with Crippen LogP contribution in [0.25, 0.3) is 10.4 Å². The van der Waals surface area contributed by atoms with Gasteiger partial charge < -0.3 is 14.7 Å². The van der Waals surface area contributed by atoms with E-state index in [1.54, 1.807) is 0 Å². The van der Waals surface area contributed by atoms with Crippen LogP contribution in [0.5, 0.6) is 0 Å². The smallest absolute Gasteiger partial charge is 0.413 e. The fourth-order valence-electron chi connectivity index (χ4n) is 4.44. The number of ether oxygens (including phenoxy) is 1. The monoisotopic (exact) mass is 458 g/mol. The zero-order chi connectivity index (χ0) is 22.9. The largest absolute Gasteiger partial charge is 0.465 e. The second kappa shape index (κ2) is 8.71. The Labute approximate surface area is 192 Å². The highest BCUT2D eigenvalue weighted by Crippen LogP contribution is 2.42. The lowest BCUT2D eigenvalue weighted by molar-refractivity contribution is -0.0189. The average Bonchev–Trinajstić information content (AvgIpc) is 3.15. The molecule has 5 rings (SSSR count). The second-order valence-corrected chi connectivity index (χ2v) is 10.6. The zero-order valence-corrected chi connectivity index (χ0v) is 19.6. The van der Waals surface area contributed by atoms with Crippen LogP contribution in [0.4, 0.5) is 20.5 Å². The molecule has 0 aliphatic carbocycles. The number of carbonyl (C=O) groups excluding carboxylic acids is 1. The first kappa shape index (κ1) is 22.5. The molecule has 32 heavy (non-hydrogen) atoms. The van der Waals surface area contributed by atoms with Crippen LogP contribution in [-0.2, 0) is 4.74 Å². The number of piperidine rings is 3. The summed E-state index contributed by atoms with van der Waals surface area (Å²) in [5.74, 6) is 0.301. The fraction of sp³-hybridized carbons (Fsp3) is 0.522. The number of thiazole rings is 1. The molecule has 0 spiro atoms. The Morgan fingerprint density at radius 2 is 1.81 bits per heavy atom. The number of hydrogen-bond donors (Lipinski definition) is 2. The van der Waals surface area contributed by atoms with Gasteiger partial charge >= 0.3 is 12.2 Å². The van der Waals surface area contributed by atoms with Crippen LogP contribution in [0.15, 0.2) is 30.3 Å². The van der Waals surface area contributed by atoms with Gasteiger partial charge in [0.25, 0.3) is 0 Å². The predicted molar refractivity (Wildman–Crippen MR) is 126 cm³/mol.